The molecule has 0 aliphatic carbocycles. The van der Waals surface area contributed by atoms with Gasteiger partial charge in [-0.2, -0.15) is 0 Å². The zero-order valence-corrected chi connectivity index (χ0v) is 13.9. The van der Waals surface area contributed by atoms with Gasteiger partial charge in [0.2, 0.25) is 0 Å². The van der Waals surface area contributed by atoms with Gasteiger partial charge >= 0.3 is 5.97 Å². The van der Waals surface area contributed by atoms with Crippen LogP contribution >= 0.6 is 0 Å². The third kappa shape index (κ3) is 6.90. The SMILES string of the molecule is C=CCCCCCCCC(=O)OC1COC(C)(C(C)O)OC1. The molecule has 0 radical (unpaired) electrons. The molecule has 0 spiro atoms. The van der Waals surface area contributed by atoms with E-state index in [0.717, 1.165) is 25.7 Å². The molecule has 1 aliphatic heterocycles. The Morgan fingerprint density at radius 2 is 1.91 bits per heavy atom. The summed E-state index contributed by atoms with van der Waals surface area (Å²) in [5.74, 6) is -1.21. The van der Waals surface area contributed by atoms with Gasteiger partial charge in [0.25, 0.3) is 0 Å². The van der Waals surface area contributed by atoms with E-state index in [0.29, 0.717) is 6.42 Å². The molecule has 128 valence electrons. The smallest absolute Gasteiger partial charge is 0.306 e. The predicted molar refractivity (Wildman–Crippen MR) is 84.4 cm³/mol. The van der Waals surface area contributed by atoms with Crippen molar-refractivity contribution in [2.75, 3.05) is 13.2 Å². The van der Waals surface area contributed by atoms with E-state index >= 15 is 0 Å². The molecule has 1 atom stereocenters. The Labute approximate surface area is 133 Å². The first kappa shape index (κ1) is 19.1. The Morgan fingerprint density at radius 3 is 2.50 bits per heavy atom. The molecule has 1 aliphatic rings. The number of aliphatic hydroxyl groups excluding tert-OH is 1. The van der Waals surface area contributed by atoms with Crippen molar-refractivity contribution in [3.8, 4) is 0 Å². The van der Waals surface area contributed by atoms with Crippen LogP contribution in [0.5, 0.6) is 0 Å². The van der Waals surface area contributed by atoms with Gasteiger partial charge in [0.05, 0.1) is 13.2 Å². The van der Waals surface area contributed by atoms with E-state index in [1.807, 2.05) is 6.08 Å². The highest BCUT2D eigenvalue weighted by Gasteiger charge is 2.38. The maximum absolute atomic E-state index is 11.7. The number of carbonyl (C=O) groups excluding carboxylic acids is 1. The average molecular weight is 314 g/mol. The average Bonchev–Trinajstić information content (AvgIpc) is 2.49. The summed E-state index contributed by atoms with van der Waals surface area (Å²) in [6, 6.07) is 0. The number of hydrogen-bond donors (Lipinski definition) is 1. The minimum atomic E-state index is -1.01. The minimum Gasteiger partial charge on any atom is -0.457 e. The van der Waals surface area contributed by atoms with Crippen LogP contribution in [-0.2, 0) is 19.0 Å². The zero-order chi connectivity index (χ0) is 16.4. The van der Waals surface area contributed by atoms with Crippen molar-refractivity contribution in [1.29, 1.82) is 0 Å². The number of carbonyl (C=O) groups is 1. The predicted octanol–water partition coefficient (Wildman–Crippen LogP) is 2.96. The van der Waals surface area contributed by atoms with Crippen molar-refractivity contribution in [2.24, 2.45) is 0 Å². The number of ether oxygens (including phenoxy) is 3. The summed E-state index contributed by atoms with van der Waals surface area (Å²) < 4.78 is 16.3. The molecular formula is C17H30O5. The second-order valence-electron chi connectivity index (χ2n) is 6.02. The van der Waals surface area contributed by atoms with Crippen LogP contribution in [0.3, 0.4) is 0 Å². The molecule has 1 rings (SSSR count). The fourth-order valence-corrected chi connectivity index (χ4v) is 2.25. The highest BCUT2D eigenvalue weighted by Crippen LogP contribution is 2.23. The van der Waals surface area contributed by atoms with E-state index in [2.05, 4.69) is 6.58 Å². The normalized spacial score (nSPS) is 26.4. The van der Waals surface area contributed by atoms with Crippen molar-refractivity contribution >= 4 is 5.97 Å². The molecule has 0 aromatic rings. The fourth-order valence-electron chi connectivity index (χ4n) is 2.25. The number of hydrogen-bond acceptors (Lipinski definition) is 5. The molecule has 0 bridgehead atoms. The van der Waals surface area contributed by atoms with E-state index in [4.69, 9.17) is 14.2 Å². The van der Waals surface area contributed by atoms with E-state index in [-0.39, 0.29) is 25.3 Å². The highest BCUT2D eigenvalue weighted by molar-refractivity contribution is 5.69. The van der Waals surface area contributed by atoms with Crippen LogP contribution in [0.25, 0.3) is 0 Å². The summed E-state index contributed by atoms with van der Waals surface area (Å²) in [4.78, 5) is 11.7. The van der Waals surface area contributed by atoms with Gasteiger partial charge in [-0.25, -0.2) is 0 Å². The van der Waals surface area contributed by atoms with Crippen LogP contribution in [0, 0.1) is 0 Å². The second-order valence-corrected chi connectivity index (χ2v) is 6.02. The van der Waals surface area contributed by atoms with E-state index in [1.54, 1.807) is 13.8 Å². The standard InChI is InChI=1S/C17H30O5/c1-4-5-6-7-8-9-10-11-16(19)22-15-12-20-17(3,14(2)18)21-13-15/h4,14-15,18H,1,5-13H2,2-3H3. The lowest BCUT2D eigenvalue weighted by Gasteiger charge is -2.38. The Balaban J connectivity index is 2.07. The minimum absolute atomic E-state index is 0.205. The van der Waals surface area contributed by atoms with Gasteiger partial charge in [-0.3, -0.25) is 4.79 Å². The largest absolute Gasteiger partial charge is 0.457 e. The maximum Gasteiger partial charge on any atom is 0.306 e. The monoisotopic (exact) mass is 314 g/mol. The first-order valence-electron chi connectivity index (χ1n) is 8.24. The summed E-state index contributed by atoms with van der Waals surface area (Å²) >= 11 is 0. The molecule has 22 heavy (non-hydrogen) atoms. The van der Waals surface area contributed by atoms with Crippen LogP contribution in [0.2, 0.25) is 0 Å². The van der Waals surface area contributed by atoms with Gasteiger partial charge in [-0.15, -0.1) is 6.58 Å². The summed E-state index contributed by atoms with van der Waals surface area (Å²) in [5, 5.41) is 9.56. The van der Waals surface area contributed by atoms with Crippen LogP contribution in [0.4, 0.5) is 0 Å². The van der Waals surface area contributed by atoms with Crippen molar-refractivity contribution in [1.82, 2.24) is 0 Å². The lowest BCUT2D eigenvalue weighted by Crippen LogP contribution is -2.51. The van der Waals surface area contributed by atoms with Crippen LogP contribution in [0.1, 0.15) is 58.8 Å². The van der Waals surface area contributed by atoms with Crippen molar-refractivity contribution in [3.05, 3.63) is 12.7 Å². The molecule has 5 nitrogen and oxygen atoms in total. The molecule has 0 amide bonds. The Bertz CT molecular complexity index is 332. The van der Waals surface area contributed by atoms with Gasteiger partial charge in [-0.1, -0.05) is 25.3 Å². The maximum atomic E-state index is 11.7. The molecule has 0 aromatic heterocycles. The molecule has 1 fully saturated rings. The first-order chi connectivity index (χ1) is 10.5. The molecule has 1 unspecified atom stereocenters. The molecule has 1 saturated heterocycles. The molecule has 0 saturated carbocycles. The lowest BCUT2D eigenvalue weighted by atomic mass is 10.1. The summed E-state index contributed by atoms with van der Waals surface area (Å²) in [7, 11) is 0. The number of unbranched alkanes of at least 4 members (excludes halogenated alkanes) is 5. The summed E-state index contributed by atoms with van der Waals surface area (Å²) in [6.07, 6.45) is 7.72. The second kappa shape index (κ2) is 9.98. The third-order valence-corrected chi connectivity index (χ3v) is 3.96. The highest BCUT2D eigenvalue weighted by atomic mass is 16.7. The van der Waals surface area contributed by atoms with Crippen LogP contribution in [-0.4, -0.2) is 42.3 Å². The molecule has 1 N–H and O–H groups in total. The van der Waals surface area contributed by atoms with Gasteiger partial charge in [0.1, 0.15) is 12.2 Å². The van der Waals surface area contributed by atoms with Crippen molar-refractivity contribution < 1.29 is 24.1 Å². The van der Waals surface area contributed by atoms with Gasteiger partial charge < -0.3 is 19.3 Å². The van der Waals surface area contributed by atoms with Gasteiger partial charge in [-0.05, 0) is 33.1 Å². The third-order valence-electron chi connectivity index (χ3n) is 3.96. The van der Waals surface area contributed by atoms with Crippen LogP contribution in [0.15, 0.2) is 12.7 Å². The van der Waals surface area contributed by atoms with Crippen molar-refractivity contribution in [2.45, 2.75) is 76.8 Å². The van der Waals surface area contributed by atoms with E-state index < -0.39 is 11.9 Å². The molecular weight excluding hydrogens is 284 g/mol. The number of aliphatic hydroxyl groups is 1. The van der Waals surface area contributed by atoms with Gasteiger partial charge in [0, 0.05) is 6.42 Å². The molecule has 0 aromatic carbocycles. The Morgan fingerprint density at radius 1 is 1.32 bits per heavy atom. The van der Waals surface area contributed by atoms with Gasteiger partial charge in [0.15, 0.2) is 5.79 Å². The van der Waals surface area contributed by atoms with Crippen LogP contribution < -0.4 is 0 Å². The van der Waals surface area contributed by atoms with E-state index in [9.17, 15) is 9.90 Å². The number of allylic oxidation sites excluding steroid dienone is 1. The topological polar surface area (TPSA) is 65.0 Å². The number of rotatable bonds is 10. The first-order valence-corrected chi connectivity index (χ1v) is 8.24. The molecule has 1 heterocycles. The quantitative estimate of drug-likeness (QED) is 0.381. The molecule has 5 heteroatoms. The summed E-state index contributed by atoms with van der Waals surface area (Å²) in [6.45, 7) is 7.51. The lowest BCUT2D eigenvalue weighted by molar-refractivity contribution is -0.316. The summed E-state index contributed by atoms with van der Waals surface area (Å²) in [5.41, 5.74) is 0. The fraction of sp³-hybridized carbons (Fsp3) is 0.824. The zero-order valence-electron chi connectivity index (χ0n) is 13.9. The van der Waals surface area contributed by atoms with E-state index in [1.165, 1.54) is 12.8 Å². The Hall–Kier alpha value is -0.910. The number of esters is 1. The van der Waals surface area contributed by atoms with Crippen molar-refractivity contribution in [3.63, 3.8) is 0 Å². The Kier molecular flexibility index (Phi) is 8.68.